The Hall–Kier alpha value is -2.87. The Labute approximate surface area is 201 Å². The smallest absolute Gasteiger partial charge is 0.360 e. The van der Waals surface area contributed by atoms with E-state index in [1.54, 1.807) is 18.3 Å². The Morgan fingerprint density at radius 2 is 2.00 bits per heavy atom. The van der Waals surface area contributed by atoms with E-state index in [-0.39, 0.29) is 17.9 Å². The number of benzene rings is 1. The summed E-state index contributed by atoms with van der Waals surface area (Å²) < 4.78 is 38.6. The number of halogens is 3. The van der Waals surface area contributed by atoms with Gasteiger partial charge in [0.25, 0.3) is 0 Å². The number of nitrogens with zero attached hydrogens (tertiary/aromatic N) is 1. The quantitative estimate of drug-likeness (QED) is 0.366. The fourth-order valence-electron chi connectivity index (χ4n) is 3.87. The summed E-state index contributed by atoms with van der Waals surface area (Å²) in [5.41, 5.74) is 11.5. The number of hydrogen-bond acceptors (Lipinski definition) is 5. The van der Waals surface area contributed by atoms with Crippen LogP contribution < -0.4 is 16.4 Å². The monoisotopic (exact) mass is 490 g/mol. The maximum Gasteiger partial charge on any atom is 0.416 e. The molecule has 1 aliphatic rings. The second-order valence-electron chi connectivity index (χ2n) is 8.18. The molecule has 182 valence electrons. The number of hydrogen-bond donors (Lipinski definition) is 3. The molecule has 0 unspecified atom stereocenters. The van der Waals surface area contributed by atoms with E-state index in [1.165, 1.54) is 23.5 Å². The Bertz CT molecular complexity index is 1080. The summed E-state index contributed by atoms with van der Waals surface area (Å²) in [6.45, 7) is 4.49. The van der Waals surface area contributed by atoms with Gasteiger partial charge < -0.3 is 16.4 Å². The van der Waals surface area contributed by atoms with Crippen molar-refractivity contribution in [3.63, 3.8) is 0 Å². The summed E-state index contributed by atoms with van der Waals surface area (Å²) in [4.78, 5) is 16.8. The number of aromatic nitrogens is 1. The maximum absolute atomic E-state index is 12.9. The molecule has 9 heteroatoms. The van der Waals surface area contributed by atoms with Crippen LogP contribution in [0, 0.1) is 0 Å². The largest absolute Gasteiger partial charge is 0.416 e. The van der Waals surface area contributed by atoms with Crippen LogP contribution in [0.15, 0.2) is 53.5 Å². The zero-order chi connectivity index (χ0) is 24.7. The van der Waals surface area contributed by atoms with Gasteiger partial charge in [0.15, 0.2) is 5.13 Å². The Morgan fingerprint density at radius 3 is 2.65 bits per heavy atom. The lowest BCUT2D eigenvalue weighted by molar-refractivity contribution is -0.137. The fraction of sp³-hybridized carbons (Fsp3) is 0.400. The summed E-state index contributed by atoms with van der Waals surface area (Å²) in [7, 11) is 0. The molecular weight excluding hydrogens is 461 g/mol. The van der Waals surface area contributed by atoms with E-state index < -0.39 is 11.7 Å². The number of amides is 1. The molecule has 4 N–H and O–H groups in total. The predicted molar refractivity (Wildman–Crippen MR) is 130 cm³/mol. The first kappa shape index (κ1) is 25.7. The molecule has 0 bridgehead atoms. The molecule has 0 saturated heterocycles. The Balaban J connectivity index is 1.61. The first-order chi connectivity index (χ1) is 16.2. The third kappa shape index (κ3) is 6.82. The summed E-state index contributed by atoms with van der Waals surface area (Å²) in [5.74, 6) is -0.0621. The molecule has 0 spiro atoms. The number of thiazole rings is 1. The van der Waals surface area contributed by atoms with E-state index in [4.69, 9.17) is 5.73 Å². The van der Waals surface area contributed by atoms with Crippen LogP contribution >= 0.6 is 11.3 Å². The zero-order valence-corrected chi connectivity index (χ0v) is 20.0. The van der Waals surface area contributed by atoms with Crippen molar-refractivity contribution in [3.05, 3.63) is 69.5 Å². The third-order valence-electron chi connectivity index (χ3n) is 5.70. The number of nitrogens with one attached hydrogen (secondary N) is 2. The van der Waals surface area contributed by atoms with E-state index in [1.807, 2.05) is 13.8 Å². The topological polar surface area (TPSA) is 80.0 Å². The molecule has 0 saturated carbocycles. The average molecular weight is 491 g/mol. The molecular formula is C25H29F3N4OS. The molecule has 0 radical (unpaired) electrons. The van der Waals surface area contributed by atoms with Crippen molar-refractivity contribution in [1.82, 2.24) is 10.3 Å². The highest BCUT2D eigenvalue weighted by Crippen LogP contribution is 2.32. The first-order valence-corrected chi connectivity index (χ1v) is 12.1. The zero-order valence-electron chi connectivity index (χ0n) is 19.2. The number of allylic oxidation sites excluding steroid dienone is 1. The van der Waals surface area contributed by atoms with Gasteiger partial charge >= 0.3 is 6.18 Å². The highest BCUT2D eigenvalue weighted by atomic mass is 32.1. The lowest BCUT2D eigenvalue weighted by atomic mass is 9.87. The summed E-state index contributed by atoms with van der Waals surface area (Å²) >= 11 is 1.45. The van der Waals surface area contributed by atoms with E-state index in [0.717, 1.165) is 53.1 Å². The van der Waals surface area contributed by atoms with Gasteiger partial charge in [-0.25, -0.2) is 4.98 Å². The van der Waals surface area contributed by atoms with Gasteiger partial charge in [0.05, 0.1) is 16.9 Å². The van der Waals surface area contributed by atoms with Crippen LogP contribution in [0.2, 0.25) is 0 Å². The van der Waals surface area contributed by atoms with Crippen LogP contribution in [-0.4, -0.2) is 23.5 Å². The third-order valence-corrected chi connectivity index (χ3v) is 6.61. The Morgan fingerprint density at radius 1 is 1.26 bits per heavy atom. The van der Waals surface area contributed by atoms with Gasteiger partial charge in [0.2, 0.25) is 5.91 Å². The van der Waals surface area contributed by atoms with E-state index in [2.05, 4.69) is 21.3 Å². The van der Waals surface area contributed by atoms with Gasteiger partial charge in [-0.05, 0) is 42.2 Å². The van der Waals surface area contributed by atoms with Crippen molar-refractivity contribution >= 4 is 28.5 Å². The summed E-state index contributed by atoms with van der Waals surface area (Å²) in [5, 5.41) is 6.78. The van der Waals surface area contributed by atoms with Crippen molar-refractivity contribution in [3.8, 4) is 0 Å². The average Bonchev–Trinajstić information content (AvgIpc) is 3.41. The molecule has 3 rings (SSSR count). The van der Waals surface area contributed by atoms with Crippen molar-refractivity contribution in [2.75, 3.05) is 11.9 Å². The lowest BCUT2D eigenvalue weighted by Gasteiger charge is -2.24. The summed E-state index contributed by atoms with van der Waals surface area (Å²) in [6.07, 6.45) is 3.83. The van der Waals surface area contributed by atoms with Crippen LogP contribution in [0.3, 0.4) is 0 Å². The lowest BCUT2D eigenvalue weighted by Crippen LogP contribution is -2.35. The highest BCUT2D eigenvalue weighted by Gasteiger charge is 2.30. The molecule has 0 aliphatic carbocycles. The van der Waals surface area contributed by atoms with Crippen molar-refractivity contribution < 1.29 is 18.0 Å². The van der Waals surface area contributed by atoms with Gasteiger partial charge in [-0.3, -0.25) is 4.79 Å². The molecule has 34 heavy (non-hydrogen) atoms. The number of carbonyl (C=O) groups is 1. The van der Waals surface area contributed by atoms with Crippen molar-refractivity contribution in [2.24, 2.45) is 5.73 Å². The van der Waals surface area contributed by atoms with Crippen LogP contribution in [0.5, 0.6) is 0 Å². The second kappa shape index (κ2) is 11.5. The minimum Gasteiger partial charge on any atom is -0.360 e. The molecule has 1 amide bonds. The van der Waals surface area contributed by atoms with E-state index in [0.29, 0.717) is 18.1 Å². The first-order valence-electron chi connectivity index (χ1n) is 11.3. The van der Waals surface area contributed by atoms with Crippen molar-refractivity contribution in [2.45, 2.75) is 57.7 Å². The van der Waals surface area contributed by atoms with Crippen molar-refractivity contribution in [1.29, 1.82) is 0 Å². The molecule has 1 aromatic carbocycles. The van der Waals surface area contributed by atoms with Crippen LogP contribution in [-0.2, 0) is 11.0 Å². The molecule has 0 fully saturated rings. The second-order valence-corrected chi connectivity index (χ2v) is 9.24. The number of alkyl halides is 3. The van der Waals surface area contributed by atoms with Gasteiger partial charge in [0, 0.05) is 36.5 Å². The fourth-order valence-corrected chi connectivity index (χ4v) is 4.59. The SMILES string of the molecule is CCC[C@@H](c1ccc(C(F)(F)F)cc1)[C@H](N)CNc1ncc(C=C=CC2=C(CC)CC(=O)N2)s1. The van der Waals surface area contributed by atoms with Gasteiger partial charge in [-0.2, -0.15) is 13.2 Å². The number of anilines is 1. The number of nitrogens with two attached hydrogens (primary N) is 1. The highest BCUT2D eigenvalue weighted by molar-refractivity contribution is 7.16. The molecule has 5 nitrogen and oxygen atoms in total. The maximum atomic E-state index is 12.9. The van der Waals surface area contributed by atoms with E-state index in [9.17, 15) is 18.0 Å². The normalized spacial score (nSPS) is 15.5. The standard InChI is InChI=1S/C25H29F3N4OS/c1-3-6-20(17-9-11-18(12-10-17)25(26,27)28)21(29)15-31-24-30-14-19(34-24)7-5-8-22-16(4-2)13-23(33)32-22/h7-12,14,20-21H,3-4,6,13,15,29H2,1-2H3,(H,30,31)(H,32,33)/t5?,20-,21+/m0/s1. The number of rotatable bonds is 10. The molecule has 2 aromatic rings. The molecule has 2 heterocycles. The van der Waals surface area contributed by atoms with Crippen LogP contribution in [0.4, 0.5) is 18.3 Å². The van der Waals surface area contributed by atoms with Crippen LogP contribution in [0.25, 0.3) is 6.08 Å². The van der Waals surface area contributed by atoms with Gasteiger partial charge in [0.1, 0.15) is 0 Å². The molecule has 2 atom stereocenters. The van der Waals surface area contributed by atoms with Gasteiger partial charge in [-0.15, -0.1) is 5.73 Å². The number of carbonyl (C=O) groups excluding carboxylic acids is 1. The van der Waals surface area contributed by atoms with E-state index >= 15 is 0 Å². The molecule has 1 aliphatic heterocycles. The Kier molecular flexibility index (Phi) is 8.72. The summed E-state index contributed by atoms with van der Waals surface area (Å²) in [6, 6.07) is 4.98. The van der Waals surface area contributed by atoms with Gasteiger partial charge in [-0.1, -0.05) is 43.7 Å². The predicted octanol–water partition coefficient (Wildman–Crippen LogP) is 5.84. The molecule has 1 aromatic heterocycles. The minimum absolute atomic E-state index is 0.00295. The van der Waals surface area contributed by atoms with Crippen LogP contribution in [0.1, 0.15) is 61.5 Å². The minimum atomic E-state index is -4.35.